The Morgan fingerprint density at radius 3 is 2.58 bits per heavy atom. The first-order chi connectivity index (χ1) is 15.3. The molecule has 5 aromatic rings. The molecule has 2 heterocycles. The van der Waals surface area contributed by atoms with Crippen molar-refractivity contribution in [1.29, 1.82) is 0 Å². The SMILES string of the molecule is O=C(NCCc1nc2ccccc2n1Cc1cccc2ccccc12)c1ccccn1. The van der Waals surface area contributed by atoms with Crippen LogP contribution >= 0.6 is 0 Å². The highest BCUT2D eigenvalue weighted by molar-refractivity contribution is 5.92. The second-order valence-electron chi connectivity index (χ2n) is 7.46. The van der Waals surface area contributed by atoms with Gasteiger partial charge in [-0.1, -0.05) is 60.7 Å². The molecule has 0 atom stereocenters. The van der Waals surface area contributed by atoms with Gasteiger partial charge < -0.3 is 9.88 Å². The summed E-state index contributed by atoms with van der Waals surface area (Å²) in [6.45, 7) is 1.22. The lowest BCUT2D eigenvalue weighted by Gasteiger charge is -2.12. The Kier molecular flexibility index (Phi) is 5.15. The van der Waals surface area contributed by atoms with Gasteiger partial charge in [-0.2, -0.15) is 0 Å². The van der Waals surface area contributed by atoms with Gasteiger partial charge in [0.15, 0.2) is 0 Å². The first-order valence-corrected chi connectivity index (χ1v) is 10.4. The fourth-order valence-electron chi connectivity index (χ4n) is 3.97. The van der Waals surface area contributed by atoms with Crippen LogP contribution in [0, 0.1) is 0 Å². The second-order valence-corrected chi connectivity index (χ2v) is 7.46. The van der Waals surface area contributed by atoms with E-state index in [1.54, 1.807) is 18.3 Å². The highest BCUT2D eigenvalue weighted by atomic mass is 16.1. The molecule has 0 bridgehead atoms. The topological polar surface area (TPSA) is 59.8 Å². The standard InChI is InChI=1S/C26H22N4O/c31-26(23-13-5-6-16-27-23)28-17-15-25-29-22-12-3-4-14-24(22)30(25)18-20-10-7-9-19-8-1-2-11-21(19)20/h1-14,16H,15,17-18H2,(H,28,31). The largest absolute Gasteiger partial charge is 0.350 e. The molecular weight excluding hydrogens is 384 g/mol. The minimum atomic E-state index is -0.169. The molecule has 0 spiro atoms. The molecule has 0 unspecified atom stereocenters. The summed E-state index contributed by atoms with van der Waals surface area (Å²) < 4.78 is 2.25. The van der Waals surface area contributed by atoms with E-state index in [1.807, 2.05) is 24.3 Å². The van der Waals surface area contributed by atoms with Gasteiger partial charge in [-0.15, -0.1) is 0 Å². The van der Waals surface area contributed by atoms with Gasteiger partial charge >= 0.3 is 0 Å². The fourth-order valence-corrected chi connectivity index (χ4v) is 3.97. The van der Waals surface area contributed by atoms with Crippen LogP contribution < -0.4 is 5.32 Å². The van der Waals surface area contributed by atoms with Gasteiger partial charge in [-0.25, -0.2) is 4.98 Å². The molecule has 0 aliphatic rings. The number of carbonyl (C=O) groups excluding carboxylic acids is 1. The molecule has 2 aromatic heterocycles. The summed E-state index contributed by atoms with van der Waals surface area (Å²) in [5.41, 5.74) is 3.74. The highest BCUT2D eigenvalue weighted by Gasteiger charge is 2.13. The zero-order valence-electron chi connectivity index (χ0n) is 17.0. The number of rotatable bonds is 6. The number of nitrogens with zero attached hydrogens (tertiary/aromatic N) is 3. The first kappa shape index (κ1) is 19.0. The molecule has 1 amide bonds. The average molecular weight is 406 g/mol. The number of para-hydroxylation sites is 2. The van der Waals surface area contributed by atoms with Crippen molar-refractivity contribution < 1.29 is 4.79 Å². The zero-order chi connectivity index (χ0) is 21.0. The van der Waals surface area contributed by atoms with Crippen LogP contribution in [0.3, 0.4) is 0 Å². The molecule has 0 radical (unpaired) electrons. The molecule has 1 N–H and O–H groups in total. The second kappa shape index (κ2) is 8.40. The highest BCUT2D eigenvalue weighted by Crippen LogP contribution is 2.23. The summed E-state index contributed by atoms with van der Waals surface area (Å²) in [4.78, 5) is 21.3. The summed E-state index contributed by atoms with van der Waals surface area (Å²) in [5, 5.41) is 5.44. The van der Waals surface area contributed by atoms with E-state index in [0.717, 1.165) is 23.4 Å². The van der Waals surface area contributed by atoms with Crippen LogP contribution in [0.15, 0.2) is 91.1 Å². The number of imidazole rings is 1. The number of hydrogen-bond donors (Lipinski definition) is 1. The van der Waals surface area contributed by atoms with E-state index in [-0.39, 0.29) is 5.91 Å². The number of aromatic nitrogens is 3. The summed E-state index contributed by atoms with van der Waals surface area (Å²) in [6, 6.07) is 28.3. The van der Waals surface area contributed by atoms with Crippen LogP contribution in [-0.2, 0) is 13.0 Å². The van der Waals surface area contributed by atoms with Gasteiger partial charge in [0.1, 0.15) is 11.5 Å². The molecule has 0 aliphatic carbocycles. The number of carbonyl (C=O) groups is 1. The Labute approximate surface area is 180 Å². The monoisotopic (exact) mass is 406 g/mol. The van der Waals surface area contributed by atoms with E-state index in [0.29, 0.717) is 18.7 Å². The maximum Gasteiger partial charge on any atom is 0.269 e. The van der Waals surface area contributed by atoms with E-state index in [1.165, 1.54) is 16.3 Å². The van der Waals surface area contributed by atoms with Gasteiger partial charge in [-0.05, 0) is 40.6 Å². The number of hydrogen-bond acceptors (Lipinski definition) is 3. The van der Waals surface area contributed by atoms with Crippen LogP contribution in [0.5, 0.6) is 0 Å². The maximum absolute atomic E-state index is 12.3. The van der Waals surface area contributed by atoms with Crippen LogP contribution in [-0.4, -0.2) is 27.0 Å². The van der Waals surface area contributed by atoms with Crippen LogP contribution in [0.2, 0.25) is 0 Å². The minimum absolute atomic E-state index is 0.169. The molecule has 0 aliphatic heterocycles. The molecule has 5 heteroatoms. The minimum Gasteiger partial charge on any atom is -0.350 e. The maximum atomic E-state index is 12.3. The normalized spacial score (nSPS) is 11.1. The molecule has 0 saturated heterocycles. The average Bonchev–Trinajstić information content (AvgIpc) is 3.17. The number of nitrogens with one attached hydrogen (secondary N) is 1. The quantitative estimate of drug-likeness (QED) is 0.448. The molecule has 0 saturated carbocycles. The lowest BCUT2D eigenvalue weighted by Crippen LogP contribution is -2.27. The zero-order valence-corrected chi connectivity index (χ0v) is 17.0. The molecule has 5 rings (SSSR count). The van der Waals surface area contributed by atoms with Crippen LogP contribution in [0.4, 0.5) is 0 Å². The third-order valence-electron chi connectivity index (χ3n) is 5.47. The Balaban J connectivity index is 1.42. The van der Waals surface area contributed by atoms with Crippen LogP contribution in [0.1, 0.15) is 21.9 Å². The summed E-state index contributed by atoms with van der Waals surface area (Å²) in [7, 11) is 0. The van der Waals surface area contributed by atoms with Gasteiger partial charge in [0.05, 0.1) is 11.0 Å². The fraction of sp³-hybridized carbons (Fsp3) is 0.115. The summed E-state index contributed by atoms with van der Waals surface area (Å²) in [5.74, 6) is 0.785. The Morgan fingerprint density at radius 2 is 1.68 bits per heavy atom. The third kappa shape index (κ3) is 3.90. The predicted molar refractivity (Wildman–Crippen MR) is 123 cm³/mol. The van der Waals surface area contributed by atoms with Crippen molar-refractivity contribution in [2.75, 3.05) is 6.54 Å². The van der Waals surface area contributed by atoms with Crippen molar-refractivity contribution in [2.24, 2.45) is 0 Å². The van der Waals surface area contributed by atoms with Crippen molar-refractivity contribution in [3.8, 4) is 0 Å². The van der Waals surface area contributed by atoms with Crippen molar-refractivity contribution >= 4 is 27.7 Å². The van der Waals surface area contributed by atoms with E-state index < -0.39 is 0 Å². The van der Waals surface area contributed by atoms with Crippen molar-refractivity contribution in [3.63, 3.8) is 0 Å². The first-order valence-electron chi connectivity index (χ1n) is 10.4. The van der Waals surface area contributed by atoms with E-state index in [4.69, 9.17) is 4.98 Å². The lowest BCUT2D eigenvalue weighted by molar-refractivity contribution is 0.0949. The molecule has 0 fully saturated rings. The molecule has 5 nitrogen and oxygen atoms in total. The van der Waals surface area contributed by atoms with Gasteiger partial charge in [-0.3, -0.25) is 9.78 Å². The van der Waals surface area contributed by atoms with E-state index >= 15 is 0 Å². The van der Waals surface area contributed by atoms with Gasteiger partial charge in [0.2, 0.25) is 0 Å². The molecular formula is C26H22N4O. The molecule has 3 aromatic carbocycles. The Hall–Kier alpha value is -3.99. The van der Waals surface area contributed by atoms with Gasteiger partial charge in [0.25, 0.3) is 5.91 Å². The third-order valence-corrected chi connectivity index (χ3v) is 5.47. The number of amides is 1. The summed E-state index contributed by atoms with van der Waals surface area (Å²) in [6.07, 6.45) is 2.26. The van der Waals surface area contributed by atoms with Gasteiger partial charge in [0, 0.05) is 25.7 Å². The number of pyridine rings is 1. The van der Waals surface area contributed by atoms with Crippen LogP contribution in [0.25, 0.3) is 21.8 Å². The smallest absolute Gasteiger partial charge is 0.269 e. The molecule has 31 heavy (non-hydrogen) atoms. The van der Waals surface area contributed by atoms with E-state index in [9.17, 15) is 4.79 Å². The van der Waals surface area contributed by atoms with E-state index in [2.05, 4.69) is 63.4 Å². The number of fused-ring (bicyclic) bond motifs is 2. The Morgan fingerprint density at radius 1 is 0.871 bits per heavy atom. The van der Waals surface area contributed by atoms with Crippen molar-refractivity contribution in [2.45, 2.75) is 13.0 Å². The van der Waals surface area contributed by atoms with Crippen molar-refractivity contribution in [1.82, 2.24) is 19.9 Å². The lowest BCUT2D eigenvalue weighted by atomic mass is 10.0. The molecule has 152 valence electrons. The predicted octanol–water partition coefficient (Wildman–Crippen LogP) is 4.61. The summed E-state index contributed by atoms with van der Waals surface area (Å²) >= 11 is 0. The van der Waals surface area contributed by atoms with Crippen molar-refractivity contribution in [3.05, 3.63) is 108 Å². The Bertz CT molecular complexity index is 1350. The number of benzene rings is 3.